The minimum Gasteiger partial charge on any atom is -0.492 e. The van der Waals surface area contributed by atoms with E-state index in [9.17, 15) is 0 Å². The first-order valence-electron chi connectivity index (χ1n) is 7.38. The van der Waals surface area contributed by atoms with Crippen LogP contribution in [0.5, 0.6) is 5.75 Å². The van der Waals surface area contributed by atoms with E-state index in [2.05, 4.69) is 24.1 Å². The molecule has 106 valence electrons. The molecule has 0 spiro atoms. The number of piperazine rings is 1. The Morgan fingerprint density at radius 2 is 2.11 bits per heavy atom. The minimum absolute atomic E-state index is 0.660. The lowest BCUT2D eigenvalue weighted by Crippen LogP contribution is -2.52. The third-order valence-electron chi connectivity index (χ3n) is 3.61. The second-order valence-corrected chi connectivity index (χ2v) is 5.68. The zero-order chi connectivity index (χ0) is 13.5. The molecule has 1 N–H and O–H groups in total. The highest BCUT2D eigenvalue weighted by molar-refractivity contribution is 5.20. The molecule has 1 aliphatic rings. The number of nitrogens with one attached hydrogen (secondary N) is 1. The lowest BCUT2D eigenvalue weighted by molar-refractivity contribution is 0.119. The summed E-state index contributed by atoms with van der Waals surface area (Å²) in [5.74, 6) is 1.72. The van der Waals surface area contributed by atoms with Gasteiger partial charge in [-0.2, -0.15) is 0 Å². The van der Waals surface area contributed by atoms with Crippen molar-refractivity contribution >= 4 is 0 Å². The minimum atomic E-state index is 0.660. The van der Waals surface area contributed by atoms with Gasteiger partial charge in [0, 0.05) is 32.2 Å². The molecule has 0 aliphatic carbocycles. The maximum atomic E-state index is 5.80. The van der Waals surface area contributed by atoms with Gasteiger partial charge in [0.1, 0.15) is 12.4 Å². The fraction of sp³-hybridized carbons (Fsp3) is 0.625. The molecule has 0 aromatic heterocycles. The van der Waals surface area contributed by atoms with Crippen molar-refractivity contribution < 1.29 is 4.74 Å². The number of hydrogen-bond donors (Lipinski definition) is 1. The Morgan fingerprint density at radius 3 is 2.84 bits per heavy atom. The number of rotatable bonds is 6. The molecule has 0 bridgehead atoms. The molecular formula is C16H26N2O. The van der Waals surface area contributed by atoms with E-state index >= 15 is 0 Å². The lowest BCUT2D eigenvalue weighted by Gasteiger charge is -2.37. The summed E-state index contributed by atoms with van der Waals surface area (Å²) in [4.78, 5) is 2.57. The van der Waals surface area contributed by atoms with Gasteiger partial charge in [0.2, 0.25) is 0 Å². The summed E-state index contributed by atoms with van der Waals surface area (Å²) in [6, 6.07) is 10.7. The molecule has 1 aromatic carbocycles. The summed E-state index contributed by atoms with van der Waals surface area (Å²) < 4.78 is 5.80. The van der Waals surface area contributed by atoms with Gasteiger partial charge < -0.3 is 10.1 Å². The van der Waals surface area contributed by atoms with Crippen molar-refractivity contribution in [1.29, 1.82) is 0 Å². The normalized spacial score (nSPS) is 20.7. The van der Waals surface area contributed by atoms with Crippen molar-refractivity contribution in [2.75, 3.05) is 32.8 Å². The summed E-state index contributed by atoms with van der Waals surface area (Å²) in [6.45, 7) is 9.74. The van der Waals surface area contributed by atoms with Crippen LogP contribution in [0.1, 0.15) is 20.3 Å². The summed E-state index contributed by atoms with van der Waals surface area (Å²) >= 11 is 0. The molecule has 0 saturated carbocycles. The van der Waals surface area contributed by atoms with Crippen molar-refractivity contribution in [2.45, 2.75) is 26.3 Å². The molecule has 1 unspecified atom stereocenters. The van der Waals surface area contributed by atoms with Gasteiger partial charge in [-0.1, -0.05) is 32.0 Å². The Bertz CT molecular complexity index is 353. The Kier molecular flexibility index (Phi) is 5.67. The Morgan fingerprint density at radius 1 is 1.32 bits per heavy atom. The highest BCUT2D eigenvalue weighted by Gasteiger charge is 2.22. The smallest absolute Gasteiger partial charge is 0.119 e. The molecule has 1 atom stereocenters. The maximum Gasteiger partial charge on any atom is 0.119 e. The van der Waals surface area contributed by atoms with Gasteiger partial charge in [-0.15, -0.1) is 0 Å². The van der Waals surface area contributed by atoms with Gasteiger partial charge in [0.15, 0.2) is 0 Å². The number of nitrogens with zero attached hydrogens (tertiary/aromatic N) is 1. The van der Waals surface area contributed by atoms with Gasteiger partial charge >= 0.3 is 0 Å². The first-order chi connectivity index (χ1) is 9.25. The molecule has 2 rings (SSSR count). The molecule has 1 aliphatic heterocycles. The Hall–Kier alpha value is -1.06. The van der Waals surface area contributed by atoms with Crippen LogP contribution >= 0.6 is 0 Å². The number of benzene rings is 1. The van der Waals surface area contributed by atoms with Crippen molar-refractivity contribution in [2.24, 2.45) is 5.92 Å². The molecule has 1 aromatic rings. The van der Waals surface area contributed by atoms with Crippen LogP contribution in [0.2, 0.25) is 0 Å². The Labute approximate surface area is 116 Å². The molecule has 1 fully saturated rings. The fourth-order valence-corrected chi connectivity index (χ4v) is 2.67. The van der Waals surface area contributed by atoms with E-state index in [-0.39, 0.29) is 0 Å². The van der Waals surface area contributed by atoms with Crippen LogP contribution in [-0.2, 0) is 0 Å². The average Bonchev–Trinajstić information content (AvgIpc) is 2.41. The fourth-order valence-electron chi connectivity index (χ4n) is 2.67. The topological polar surface area (TPSA) is 24.5 Å². The van der Waals surface area contributed by atoms with Crippen LogP contribution in [-0.4, -0.2) is 43.7 Å². The van der Waals surface area contributed by atoms with E-state index in [0.29, 0.717) is 6.04 Å². The molecule has 1 heterocycles. The molecule has 3 nitrogen and oxygen atoms in total. The van der Waals surface area contributed by atoms with Crippen LogP contribution < -0.4 is 10.1 Å². The predicted octanol–water partition coefficient (Wildman–Crippen LogP) is 2.39. The van der Waals surface area contributed by atoms with Crippen LogP contribution in [0.25, 0.3) is 0 Å². The van der Waals surface area contributed by atoms with Crippen molar-refractivity contribution in [1.82, 2.24) is 10.2 Å². The third kappa shape index (κ3) is 4.84. The second-order valence-electron chi connectivity index (χ2n) is 5.68. The van der Waals surface area contributed by atoms with E-state index in [1.165, 1.54) is 6.42 Å². The first kappa shape index (κ1) is 14.4. The summed E-state index contributed by atoms with van der Waals surface area (Å²) in [6.07, 6.45) is 1.26. The van der Waals surface area contributed by atoms with Crippen LogP contribution in [0.4, 0.5) is 0 Å². The zero-order valence-corrected chi connectivity index (χ0v) is 12.1. The third-order valence-corrected chi connectivity index (χ3v) is 3.61. The van der Waals surface area contributed by atoms with Crippen molar-refractivity contribution in [3.8, 4) is 5.75 Å². The Balaban J connectivity index is 1.76. The first-order valence-corrected chi connectivity index (χ1v) is 7.38. The van der Waals surface area contributed by atoms with E-state index in [0.717, 1.165) is 44.5 Å². The largest absolute Gasteiger partial charge is 0.492 e. The molecule has 0 amide bonds. The van der Waals surface area contributed by atoms with Gasteiger partial charge in [0.25, 0.3) is 0 Å². The van der Waals surface area contributed by atoms with E-state index < -0.39 is 0 Å². The zero-order valence-electron chi connectivity index (χ0n) is 12.1. The van der Waals surface area contributed by atoms with E-state index in [1.807, 2.05) is 30.3 Å². The average molecular weight is 262 g/mol. The van der Waals surface area contributed by atoms with E-state index in [4.69, 9.17) is 4.74 Å². The van der Waals surface area contributed by atoms with Gasteiger partial charge in [-0.05, 0) is 24.5 Å². The number of ether oxygens (including phenoxy) is 1. The quantitative estimate of drug-likeness (QED) is 0.852. The van der Waals surface area contributed by atoms with Crippen molar-refractivity contribution in [3.63, 3.8) is 0 Å². The summed E-state index contributed by atoms with van der Waals surface area (Å²) in [5.41, 5.74) is 0. The SMILES string of the molecule is CC(C)CC1CNCCN1CCOc1ccccc1. The van der Waals surface area contributed by atoms with Gasteiger partial charge in [-0.25, -0.2) is 0 Å². The maximum absolute atomic E-state index is 5.80. The van der Waals surface area contributed by atoms with Crippen LogP contribution in [0, 0.1) is 5.92 Å². The van der Waals surface area contributed by atoms with Gasteiger partial charge in [0.05, 0.1) is 0 Å². The number of hydrogen-bond acceptors (Lipinski definition) is 3. The summed E-state index contributed by atoms with van der Waals surface area (Å²) in [7, 11) is 0. The number of para-hydroxylation sites is 1. The highest BCUT2D eigenvalue weighted by atomic mass is 16.5. The molecule has 1 saturated heterocycles. The van der Waals surface area contributed by atoms with Crippen LogP contribution in [0.15, 0.2) is 30.3 Å². The lowest BCUT2D eigenvalue weighted by atomic mass is 10.0. The van der Waals surface area contributed by atoms with E-state index in [1.54, 1.807) is 0 Å². The molecular weight excluding hydrogens is 236 g/mol. The monoisotopic (exact) mass is 262 g/mol. The highest BCUT2D eigenvalue weighted by Crippen LogP contribution is 2.14. The molecule has 3 heteroatoms. The van der Waals surface area contributed by atoms with Crippen molar-refractivity contribution in [3.05, 3.63) is 30.3 Å². The summed E-state index contributed by atoms with van der Waals surface area (Å²) in [5, 5.41) is 3.50. The van der Waals surface area contributed by atoms with Gasteiger partial charge in [-0.3, -0.25) is 4.90 Å². The molecule has 0 radical (unpaired) electrons. The molecule has 19 heavy (non-hydrogen) atoms. The predicted molar refractivity (Wildman–Crippen MR) is 79.6 cm³/mol. The standard InChI is InChI=1S/C16H26N2O/c1-14(2)12-15-13-17-8-9-18(15)10-11-19-16-6-4-3-5-7-16/h3-7,14-15,17H,8-13H2,1-2H3. The van der Waals surface area contributed by atoms with Crippen LogP contribution in [0.3, 0.4) is 0 Å². The second kappa shape index (κ2) is 7.51.